The first-order valence-corrected chi connectivity index (χ1v) is 44.3. The Balaban J connectivity index is 0.000000143. The molecule has 4 aromatic heterocycles. The number of aromatic nitrogens is 7. The van der Waals surface area contributed by atoms with Crippen LogP contribution >= 0.6 is 0 Å². The summed E-state index contributed by atoms with van der Waals surface area (Å²) in [5, 5.41) is 26.9. The van der Waals surface area contributed by atoms with E-state index in [1.165, 1.54) is 49.7 Å². The van der Waals surface area contributed by atoms with E-state index < -0.39 is 10.8 Å². The maximum absolute atomic E-state index is 11.2. The van der Waals surface area contributed by atoms with Crippen molar-refractivity contribution in [2.24, 2.45) is 0 Å². The molecule has 2 aliphatic heterocycles. The molecule has 0 saturated carbocycles. The standard InChI is InChI=1S/C60H35N7.C60H34N6O/c1-62-51-35-40(59-64-57(38-18-4-2-5-19-38)63-58(65-59)39-20-6-3-7-21-39)34-41(37-61)56(51)67-54-30-16-12-26-49(54)60(50-27-13-17-31-55(50)67)47-25-11-8-22-43(47)46-36-42(32-33-48(46)60)66-52-28-14-9-23-44(52)45-24-10-15-29-53(45)66;1-62-51-35-41(59-64-57(37-16-4-2-5-17-37)63-58(65-59)38-18-6-3-7-19-38)32-42(36-61)56(51)66-52-25-13-11-23-49(52)60(50-24-12-14-26-53(50)66)47-22-10-8-20-43(47)45-33-39(28-30-48(45)60)40-29-31-55-46(34-40)44-21-9-15-27-54(44)67-55/h2-36H;2-35H. The minimum atomic E-state index is -0.716. The van der Waals surface area contributed by atoms with Crippen LogP contribution in [0.2, 0.25) is 0 Å². The van der Waals surface area contributed by atoms with Crippen LogP contribution in [0.3, 0.4) is 0 Å². The molecule has 0 saturated heterocycles. The quantitative estimate of drug-likeness (QED) is 0.120. The highest BCUT2D eigenvalue weighted by atomic mass is 16.3. The molecule has 2 aliphatic carbocycles. The van der Waals surface area contributed by atoms with E-state index in [1.807, 2.05) is 182 Å². The monoisotopic (exact) mass is 1710 g/mol. The molecule has 14 nitrogen and oxygen atoms in total. The number of benzene rings is 18. The molecule has 14 heteroatoms. The number of anilines is 6. The highest BCUT2D eigenvalue weighted by Gasteiger charge is 2.54. The van der Waals surface area contributed by atoms with Gasteiger partial charge in [0, 0.05) is 83.4 Å². The van der Waals surface area contributed by atoms with Crippen LogP contribution in [-0.2, 0) is 10.8 Å². The second-order valence-corrected chi connectivity index (χ2v) is 33.8. The van der Waals surface area contributed by atoms with Gasteiger partial charge in [-0.25, -0.2) is 39.6 Å². The summed E-state index contributed by atoms with van der Waals surface area (Å²) < 4.78 is 8.57. The zero-order valence-corrected chi connectivity index (χ0v) is 71.6. The zero-order chi connectivity index (χ0) is 89.3. The molecule has 0 N–H and O–H groups in total. The van der Waals surface area contributed by atoms with E-state index in [2.05, 4.69) is 273 Å². The molecule has 0 amide bonds. The molecule has 620 valence electrons. The van der Waals surface area contributed by atoms with Crippen LogP contribution in [0.25, 0.3) is 161 Å². The van der Waals surface area contributed by atoms with E-state index in [-0.39, 0.29) is 0 Å². The van der Waals surface area contributed by atoms with Crippen molar-refractivity contribution >= 4 is 89.2 Å². The van der Waals surface area contributed by atoms with Crippen LogP contribution in [0, 0.1) is 35.8 Å². The van der Waals surface area contributed by atoms with Crippen LogP contribution in [0.15, 0.2) is 423 Å². The number of hydrogen-bond acceptors (Lipinski definition) is 11. The lowest BCUT2D eigenvalue weighted by molar-refractivity contribution is 0.669. The van der Waals surface area contributed by atoms with Crippen molar-refractivity contribution in [1.29, 1.82) is 10.5 Å². The largest absolute Gasteiger partial charge is 0.456 e. The molecular formula is C120H69N13O. The third kappa shape index (κ3) is 11.8. The van der Waals surface area contributed by atoms with Crippen LogP contribution in [0.1, 0.15) is 55.6 Å². The summed E-state index contributed by atoms with van der Waals surface area (Å²) in [7, 11) is 0. The van der Waals surface area contributed by atoms with Gasteiger partial charge in [-0.15, -0.1) is 0 Å². The van der Waals surface area contributed by atoms with Crippen LogP contribution in [-0.4, -0.2) is 34.5 Å². The Morgan fingerprint density at radius 1 is 0.254 bits per heavy atom. The Hall–Kier alpha value is -18.9. The minimum absolute atomic E-state index is 0.303. The summed E-state index contributed by atoms with van der Waals surface area (Å²) in [5.41, 5.74) is 29.8. The predicted octanol–water partition coefficient (Wildman–Crippen LogP) is 29.5. The molecule has 22 aromatic rings. The minimum Gasteiger partial charge on any atom is -0.456 e. The van der Waals surface area contributed by atoms with E-state index in [9.17, 15) is 10.5 Å². The Labute approximate surface area is 770 Å². The molecule has 6 heterocycles. The van der Waals surface area contributed by atoms with Crippen molar-refractivity contribution in [3.8, 4) is 120 Å². The lowest BCUT2D eigenvalue weighted by atomic mass is 9.64. The second-order valence-electron chi connectivity index (χ2n) is 33.8. The first kappa shape index (κ1) is 77.5. The molecule has 18 aromatic carbocycles. The number of para-hydroxylation sites is 7. The van der Waals surface area contributed by atoms with Crippen LogP contribution < -0.4 is 9.80 Å². The molecule has 2 spiro atoms. The Bertz CT molecular complexity index is 8530. The number of nitrogens with zero attached hydrogens (tertiary/aromatic N) is 13. The van der Waals surface area contributed by atoms with Gasteiger partial charge in [0.2, 0.25) is 11.4 Å². The highest BCUT2D eigenvalue weighted by Crippen LogP contribution is 2.67. The Morgan fingerprint density at radius 2 is 0.575 bits per heavy atom. The lowest BCUT2D eigenvalue weighted by Crippen LogP contribution is -2.36. The molecule has 0 radical (unpaired) electrons. The third-order valence-corrected chi connectivity index (χ3v) is 26.8. The van der Waals surface area contributed by atoms with E-state index in [0.717, 1.165) is 123 Å². The van der Waals surface area contributed by atoms with Gasteiger partial charge in [0.05, 0.1) is 69.6 Å². The van der Waals surface area contributed by atoms with Gasteiger partial charge in [-0.05, 0) is 175 Å². The van der Waals surface area contributed by atoms with Gasteiger partial charge in [0.15, 0.2) is 34.9 Å². The van der Waals surface area contributed by atoms with Crippen molar-refractivity contribution < 1.29 is 4.42 Å². The maximum Gasteiger partial charge on any atom is 0.212 e. The predicted molar refractivity (Wildman–Crippen MR) is 532 cm³/mol. The van der Waals surface area contributed by atoms with Crippen molar-refractivity contribution in [1.82, 2.24) is 34.5 Å². The van der Waals surface area contributed by atoms with Gasteiger partial charge in [0.25, 0.3) is 0 Å². The molecular weight excluding hydrogens is 1640 g/mol. The first-order valence-electron chi connectivity index (χ1n) is 44.3. The van der Waals surface area contributed by atoms with Crippen molar-refractivity contribution in [3.63, 3.8) is 0 Å². The fourth-order valence-electron chi connectivity index (χ4n) is 21.3. The normalized spacial score (nSPS) is 12.8. The van der Waals surface area contributed by atoms with Gasteiger partial charge in [-0.1, -0.05) is 322 Å². The van der Waals surface area contributed by atoms with Crippen LogP contribution in [0.5, 0.6) is 0 Å². The highest BCUT2D eigenvalue weighted by molar-refractivity contribution is 6.11. The zero-order valence-electron chi connectivity index (χ0n) is 71.6. The van der Waals surface area contributed by atoms with E-state index in [1.54, 1.807) is 0 Å². The van der Waals surface area contributed by atoms with E-state index >= 15 is 0 Å². The number of nitriles is 2. The molecule has 134 heavy (non-hydrogen) atoms. The van der Waals surface area contributed by atoms with Gasteiger partial charge in [0.1, 0.15) is 11.2 Å². The Morgan fingerprint density at radius 3 is 0.993 bits per heavy atom. The molecule has 0 unspecified atom stereocenters. The third-order valence-electron chi connectivity index (χ3n) is 26.8. The van der Waals surface area contributed by atoms with Crippen LogP contribution in [0.4, 0.5) is 45.5 Å². The van der Waals surface area contributed by atoms with E-state index in [0.29, 0.717) is 79.9 Å². The van der Waals surface area contributed by atoms with Crippen molar-refractivity contribution in [2.75, 3.05) is 9.80 Å². The number of furan rings is 1. The lowest BCUT2D eigenvalue weighted by Gasteiger charge is -2.45. The average Bonchev–Trinajstić information content (AvgIpc) is 1.49. The average molecular weight is 1710 g/mol. The SMILES string of the molecule is [C-]#[N+]c1cc(-c2nc(-c3ccccc3)nc(-c3ccccc3)n2)cc(C#N)c1N1c2ccccc2C2(c3ccccc3-c3cc(-c4ccc5oc6ccccc6c5c4)ccc32)c2ccccc21.[C-]#[N+]c1cc(-c2nc(-c3ccccc3)nc(-c3ccccc3)n2)cc(C#N)c1N1c2ccccc2C2(c3ccccc3-c3cc(-n4c5ccccc5c5ccccc54)ccc32)c2ccccc21. The van der Waals surface area contributed by atoms with Gasteiger partial charge >= 0.3 is 0 Å². The first-order chi connectivity index (χ1) is 66.3. The molecule has 0 bridgehead atoms. The summed E-state index contributed by atoms with van der Waals surface area (Å²) in [6.45, 7) is 17.4. The molecule has 0 fully saturated rings. The number of rotatable bonds is 10. The van der Waals surface area contributed by atoms with Gasteiger partial charge in [-0.3, -0.25) is 0 Å². The maximum atomic E-state index is 11.2. The van der Waals surface area contributed by atoms with Gasteiger partial charge in [-0.2, -0.15) is 10.5 Å². The summed E-state index contributed by atoms with van der Waals surface area (Å²) in [6, 6.07) is 148. The summed E-state index contributed by atoms with van der Waals surface area (Å²) in [6.07, 6.45) is 0. The second kappa shape index (κ2) is 31.0. The van der Waals surface area contributed by atoms with Crippen molar-refractivity contribution in [3.05, 3.63) is 497 Å². The summed E-state index contributed by atoms with van der Waals surface area (Å²) in [5.74, 6) is 2.74. The summed E-state index contributed by atoms with van der Waals surface area (Å²) >= 11 is 0. The Kier molecular flexibility index (Phi) is 17.9. The topological polar surface area (TPSA) is 158 Å². The molecule has 0 atom stereocenters. The smallest absolute Gasteiger partial charge is 0.212 e. The summed E-state index contributed by atoms with van der Waals surface area (Å²) in [4.78, 5) is 42.1. The van der Waals surface area contributed by atoms with E-state index in [4.69, 9.17) is 47.5 Å². The van der Waals surface area contributed by atoms with Gasteiger partial charge < -0.3 is 18.8 Å². The molecule has 4 aliphatic rings. The fourth-order valence-corrected chi connectivity index (χ4v) is 21.3. The number of hydrogen-bond donors (Lipinski definition) is 0. The molecule has 26 rings (SSSR count). The fraction of sp³-hybridized carbons (Fsp3) is 0.0167. The number of fused-ring (bicyclic) bond motifs is 24. The van der Waals surface area contributed by atoms with Crippen molar-refractivity contribution in [2.45, 2.75) is 10.8 Å².